The van der Waals surface area contributed by atoms with Crippen LogP contribution in [0.1, 0.15) is 37.7 Å². The van der Waals surface area contributed by atoms with Crippen molar-refractivity contribution in [3.05, 3.63) is 102 Å². The molecule has 220 valence electrons. The molecule has 0 saturated carbocycles. The van der Waals surface area contributed by atoms with E-state index >= 15 is 0 Å². The highest BCUT2D eigenvalue weighted by Crippen LogP contribution is 2.35. The van der Waals surface area contributed by atoms with E-state index in [4.69, 9.17) is 9.84 Å². The fourth-order valence-corrected chi connectivity index (χ4v) is 4.51. The molecule has 0 atom stereocenters. The Bertz CT molecular complexity index is 1780. The summed E-state index contributed by atoms with van der Waals surface area (Å²) in [6, 6.07) is 24.4. The molecule has 0 bridgehead atoms. The Morgan fingerprint density at radius 3 is 2.33 bits per heavy atom. The molecule has 0 aliphatic carbocycles. The first-order valence-electron chi connectivity index (χ1n) is 14.1. The fourth-order valence-electron chi connectivity index (χ4n) is 4.51. The zero-order valence-electron chi connectivity index (χ0n) is 25.3. The molecule has 0 unspecified atom stereocenters. The molecule has 0 aliphatic heterocycles. The van der Waals surface area contributed by atoms with Gasteiger partial charge >= 0.3 is 6.03 Å². The number of anilines is 2. The average Bonchev–Trinajstić information content (AvgIpc) is 3.39. The lowest BCUT2D eigenvalue weighted by Gasteiger charge is -2.15. The Morgan fingerprint density at radius 2 is 1.63 bits per heavy atom. The summed E-state index contributed by atoms with van der Waals surface area (Å²) in [4.78, 5) is 31.3. The lowest BCUT2D eigenvalue weighted by molar-refractivity contribution is -0.128. The number of rotatable bonds is 7. The molecular formula is C34H36N6O3. The Hall–Kier alpha value is -5.18. The highest BCUT2D eigenvalue weighted by Gasteiger charge is 2.22. The number of amides is 3. The van der Waals surface area contributed by atoms with Crippen molar-refractivity contribution < 1.29 is 14.3 Å². The number of benzene rings is 3. The third kappa shape index (κ3) is 6.83. The number of aryl methyl sites for hydroxylation is 1. The molecule has 43 heavy (non-hydrogen) atoms. The number of carbonyl (C=O) groups is 2. The summed E-state index contributed by atoms with van der Waals surface area (Å²) < 4.78 is 7.99. The Morgan fingerprint density at radius 1 is 0.907 bits per heavy atom. The molecule has 0 spiro atoms. The molecule has 2 N–H and O–H groups in total. The van der Waals surface area contributed by atoms with Gasteiger partial charge in [0.05, 0.1) is 29.2 Å². The van der Waals surface area contributed by atoms with E-state index in [0.717, 1.165) is 27.7 Å². The number of nitrogens with one attached hydrogen (secondary N) is 2. The van der Waals surface area contributed by atoms with Gasteiger partial charge in [-0.25, -0.2) is 9.48 Å². The number of pyridine rings is 1. The van der Waals surface area contributed by atoms with Crippen LogP contribution in [0.4, 0.5) is 16.3 Å². The molecule has 9 heteroatoms. The van der Waals surface area contributed by atoms with Crippen LogP contribution >= 0.6 is 0 Å². The van der Waals surface area contributed by atoms with Crippen molar-refractivity contribution in [1.82, 2.24) is 19.7 Å². The third-order valence-corrected chi connectivity index (χ3v) is 6.98. The van der Waals surface area contributed by atoms with Gasteiger partial charge in [0.25, 0.3) is 0 Å². The van der Waals surface area contributed by atoms with Gasteiger partial charge in [0.15, 0.2) is 0 Å². The molecule has 3 aromatic carbocycles. The van der Waals surface area contributed by atoms with Crippen LogP contribution in [0.5, 0.6) is 11.5 Å². The maximum atomic E-state index is 13.3. The number of likely N-dealkylation sites (N-methyl/N-ethyl adjacent to an activating group) is 1. The number of hydrogen-bond donors (Lipinski definition) is 2. The van der Waals surface area contributed by atoms with Gasteiger partial charge in [0.1, 0.15) is 17.3 Å². The van der Waals surface area contributed by atoms with Crippen LogP contribution in [-0.2, 0) is 16.6 Å². The monoisotopic (exact) mass is 576 g/mol. The van der Waals surface area contributed by atoms with Crippen LogP contribution in [0.25, 0.3) is 16.5 Å². The number of fused-ring (bicyclic) bond motifs is 1. The average molecular weight is 577 g/mol. The van der Waals surface area contributed by atoms with Gasteiger partial charge in [-0.2, -0.15) is 5.10 Å². The van der Waals surface area contributed by atoms with Crippen molar-refractivity contribution in [2.45, 2.75) is 39.5 Å². The van der Waals surface area contributed by atoms with Crippen LogP contribution in [0.3, 0.4) is 0 Å². The summed E-state index contributed by atoms with van der Waals surface area (Å²) in [7, 11) is 3.43. The summed E-state index contributed by atoms with van der Waals surface area (Å²) in [6.07, 6.45) is 1.81. The van der Waals surface area contributed by atoms with Crippen molar-refractivity contribution in [3.63, 3.8) is 0 Å². The molecule has 0 saturated heterocycles. The maximum Gasteiger partial charge on any atom is 0.324 e. The van der Waals surface area contributed by atoms with E-state index in [-0.39, 0.29) is 17.7 Å². The predicted octanol–water partition coefficient (Wildman–Crippen LogP) is 7.09. The second-order valence-corrected chi connectivity index (χ2v) is 11.7. The Kier molecular flexibility index (Phi) is 8.16. The van der Waals surface area contributed by atoms with Crippen molar-refractivity contribution >= 4 is 34.2 Å². The predicted molar refractivity (Wildman–Crippen MR) is 170 cm³/mol. The summed E-state index contributed by atoms with van der Waals surface area (Å²) in [5, 5.41) is 12.4. The minimum atomic E-state index is -0.392. The lowest BCUT2D eigenvalue weighted by Crippen LogP contribution is -2.23. The quantitative estimate of drug-likeness (QED) is 0.215. The van der Waals surface area contributed by atoms with E-state index < -0.39 is 6.03 Å². The SMILES string of the molecule is Cc1ccc(-n2nc(C(C)(C)C)cc2NC(=O)Nc2ccc(Oc3ccnc(CC(=O)N(C)C)c3)c3ccccc23)cc1. The van der Waals surface area contributed by atoms with Crippen LogP contribution in [0, 0.1) is 6.92 Å². The van der Waals surface area contributed by atoms with Gasteiger partial charge in [-0.1, -0.05) is 62.7 Å². The van der Waals surface area contributed by atoms with Gasteiger partial charge in [-0.05, 0) is 37.3 Å². The molecule has 5 aromatic rings. The Labute approximate surface area is 251 Å². The molecule has 5 rings (SSSR count). The number of hydrogen-bond acceptors (Lipinski definition) is 5. The highest BCUT2D eigenvalue weighted by molar-refractivity contribution is 6.07. The van der Waals surface area contributed by atoms with E-state index in [2.05, 4.69) is 36.4 Å². The van der Waals surface area contributed by atoms with Crippen LogP contribution < -0.4 is 15.4 Å². The second kappa shape index (κ2) is 12.0. The number of aromatic nitrogens is 3. The summed E-state index contributed by atoms with van der Waals surface area (Å²) in [5.74, 6) is 1.71. The van der Waals surface area contributed by atoms with Crippen LogP contribution in [0.2, 0.25) is 0 Å². The maximum absolute atomic E-state index is 13.3. The van der Waals surface area contributed by atoms with Gasteiger partial charge < -0.3 is 15.0 Å². The molecule has 9 nitrogen and oxygen atoms in total. The van der Waals surface area contributed by atoms with E-state index in [1.54, 1.807) is 37.1 Å². The van der Waals surface area contributed by atoms with E-state index in [9.17, 15) is 9.59 Å². The van der Waals surface area contributed by atoms with Crippen molar-refractivity contribution in [3.8, 4) is 17.2 Å². The number of carbonyl (C=O) groups excluding carboxylic acids is 2. The van der Waals surface area contributed by atoms with E-state index in [1.165, 1.54) is 4.90 Å². The molecule has 2 heterocycles. The topological polar surface area (TPSA) is 101 Å². The third-order valence-electron chi connectivity index (χ3n) is 6.98. The number of nitrogens with zero attached hydrogens (tertiary/aromatic N) is 4. The standard InChI is InChI=1S/C34H36N6O3/c1-22-11-13-24(14-12-22)40-31(21-30(38-40)34(2,3)4)37-33(42)36-28-15-16-29(27-10-8-7-9-26(27)28)43-25-17-18-35-23(19-25)20-32(41)39(5)6/h7-19,21H,20H2,1-6H3,(H2,36,37,42). The molecule has 0 fully saturated rings. The summed E-state index contributed by atoms with van der Waals surface area (Å²) >= 11 is 0. The molecule has 0 aliphatic rings. The van der Waals surface area contributed by atoms with Crippen LogP contribution in [0.15, 0.2) is 85.1 Å². The highest BCUT2D eigenvalue weighted by atomic mass is 16.5. The number of ether oxygens (including phenoxy) is 1. The minimum Gasteiger partial charge on any atom is -0.457 e. The van der Waals surface area contributed by atoms with E-state index in [0.29, 0.717) is 28.7 Å². The molecule has 3 amide bonds. The van der Waals surface area contributed by atoms with E-state index in [1.807, 2.05) is 73.7 Å². The molecular weight excluding hydrogens is 540 g/mol. The van der Waals surface area contributed by atoms with Crippen molar-refractivity contribution in [1.29, 1.82) is 0 Å². The summed E-state index contributed by atoms with van der Waals surface area (Å²) in [6.45, 7) is 8.29. The molecule has 0 radical (unpaired) electrons. The first-order chi connectivity index (χ1) is 20.5. The van der Waals surface area contributed by atoms with Gasteiger partial charge in [-0.15, -0.1) is 0 Å². The minimum absolute atomic E-state index is 0.0413. The van der Waals surface area contributed by atoms with Crippen molar-refractivity contribution in [2.75, 3.05) is 24.7 Å². The zero-order chi connectivity index (χ0) is 30.7. The first kappa shape index (κ1) is 29.3. The fraction of sp³-hybridized carbons (Fsp3) is 0.235. The normalized spacial score (nSPS) is 11.3. The lowest BCUT2D eigenvalue weighted by atomic mass is 9.92. The Balaban J connectivity index is 1.39. The van der Waals surface area contributed by atoms with Crippen molar-refractivity contribution in [2.24, 2.45) is 0 Å². The molecule has 2 aromatic heterocycles. The van der Waals surface area contributed by atoms with Gasteiger partial charge in [-0.3, -0.25) is 15.1 Å². The smallest absolute Gasteiger partial charge is 0.324 e. The zero-order valence-corrected chi connectivity index (χ0v) is 25.3. The largest absolute Gasteiger partial charge is 0.457 e. The van der Waals surface area contributed by atoms with Gasteiger partial charge in [0, 0.05) is 48.6 Å². The number of urea groups is 1. The first-order valence-corrected chi connectivity index (χ1v) is 14.1. The van der Waals surface area contributed by atoms with Gasteiger partial charge in [0.2, 0.25) is 5.91 Å². The second-order valence-electron chi connectivity index (χ2n) is 11.7. The van der Waals surface area contributed by atoms with Crippen LogP contribution in [-0.4, -0.2) is 45.7 Å². The summed E-state index contributed by atoms with van der Waals surface area (Å²) in [5.41, 5.74) is 3.91.